The van der Waals surface area contributed by atoms with E-state index in [0.717, 1.165) is 50.0 Å². The summed E-state index contributed by atoms with van der Waals surface area (Å²) in [5, 5.41) is 11.8. The first-order valence-electron chi connectivity index (χ1n) is 12.7. The van der Waals surface area contributed by atoms with Crippen LogP contribution in [0.4, 0.5) is 0 Å². The lowest BCUT2D eigenvalue weighted by Gasteiger charge is -2.61. The number of hydrogen-bond acceptors (Lipinski definition) is 3. The first-order chi connectivity index (χ1) is 15.3. The summed E-state index contributed by atoms with van der Waals surface area (Å²) < 4.78 is 5.61. The van der Waals surface area contributed by atoms with Crippen LogP contribution in [0.15, 0.2) is 30.3 Å². The molecule has 0 aromatic heterocycles. The zero-order valence-electron chi connectivity index (χ0n) is 19.9. The highest BCUT2D eigenvalue weighted by Crippen LogP contribution is 2.68. The summed E-state index contributed by atoms with van der Waals surface area (Å²) >= 11 is 0. The molecule has 0 unspecified atom stereocenters. The lowest BCUT2D eigenvalue weighted by atomic mass is 9.44. The Morgan fingerprint density at radius 3 is 2.50 bits per heavy atom. The van der Waals surface area contributed by atoms with Crippen molar-refractivity contribution in [3.63, 3.8) is 0 Å². The maximum absolute atomic E-state index is 11.8. The molecule has 0 amide bonds. The molecule has 4 aliphatic rings. The van der Waals surface area contributed by atoms with Crippen LogP contribution in [0.3, 0.4) is 0 Å². The molecular formula is C29H38O3. The van der Waals surface area contributed by atoms with E-state index < -0.39 is 5.60 Å². The normalized spacial score (nSPS) is 44.9. The van der Waals surface area contributed by atoms with Gasteiger partial charge in [0.2, 0.25) is 0 Å². The Balaban J connectivity index is 1.36. The predicted octanol–water partition coefficient (Wildman–Crippen LogP) is 5.74. The third-order valence-electron chi connectivity index (χ3n) is 10.3. The molecule has 4 fully saturated rings. The number of ether oxygens (including phenoxy) is 1. The Morgan fingerprint density at radius 1 is 1.00 bits per heavy atom. The molecule has 0 spiro atoms. The average Bonchev–Trinajstić information content (AvgIpc) is 3.04. The molecule has 0 saturated heterocycles. The SMILES string of the molecule is CC(=O)O[C@H]1CC[C@]2(C)[C@H](CC[C@@H]3[C@H]4CC[C@](O)(C#Cc5ccccc5)[C@@]4(C)CC[C@@H]32)C1. The molecule has 1 aromatic carbocycles. The smallest absolute Gasteiger partial charge is 0.302 e. The summed E-state index contributed by atoms with van der Waals surface area (Å²) in [6.07, 6.45) is 9.94. The second-order valence-electron chi connectivity index (χ2n) is 11.6. The van der Waals surface area contributed by atoms with Gasteiger partial charge in [-0.1, -0.05) is 43.9 Å². The van der Waals surface area contributed by atoms with Crippen molar-refractivity contribution in [3.05, 3.63) is 35.9 Å². The van der Waals surface area contributed by atoms with E-state index in [9.17, 15) is 9.90 Å². The van der Waals surface area contributed by atoms with Gasteiger partial charge in [-0.3, -0.25) is 4.79 Å². The number of hydrogen-bond donors (Lipinski definition) is 1. The Hall–Kier alpha value is -1.79. The number of rotatable bonds is 1. The molecule has 1 aromatic rings. The van der Waals surface area contributed by atoms with Gasteiger partial charge in [0.05, 0.1) is 0 Å². The molecule has 4 aliphatic carbocycles. The number of carbonyl (C=O) groups is 1. The summed E-state index contributed by atoms with van der Waals surface area (Å²) in [6.45, 7) is 6.39. The zero-order chi connectivity index (χ0) is 22.6. The van der Waals surface area contributed by atoms with Crippen molar-refractivity contribution in [2.24, 2.45) is 34.5 Å². The molecule has 8 atom stereocenters. The number of fused-ring (bicyclic) bond motifs is 5. The molecule has 3 nitrogen and oxygen atoms in total. The third kappa shape index (κ3) is 3.41. The highest BCUT2D eigenvalue weighted by Gasteiger charge is 2.64. The highest BCUT2D eigenvalue weighted by molar-refractivity contribution is 5.66. The topological polar surface area (TPSA) is 46.5 Å². The van der Waals surface area contributed by atoms with Crippen LogP contribution in [0.25, 0.3) is 0 Å². The largest absolute Gasteiger partial charge is 0.463 e. The minimum atomic E-state index is -0.886. The van der Waals surface area contributed by atoms with E-state index in [2.05, 4.69) is 25.7 Å². The van der Waals surface area contributed by atoms with Gasteiger partial charge in [0.15, 0.2) is 0 Å². The quantitative estimate of drug-likeness (QED) is 0.453. The van der Waals surface area contributed by atoms with Crippen LogP contribution >= 0.6 is 0 Å². The fraction of sp³-hybridized carbons (Fsp3) is 0.690. The van der Waals surface area contributed by atoms with E-state index in [4.69, 9.17) is 4.74 Å². The number of carbonyl (C=O) groups excluding carboxylic acids is 1. The monoisotopic (exact) mass is 434 g/mol. The Bertz CT molecular complexity index is 929. The van der Waals surface area contributed by atoms with Gasteiger partial charge in [-0.05, 0) is 99.0 Å². The van der Waals surface area contributed by atoms with Gasteiger partial charge in [-0.15, -0.1) is 0 Å². The van der Waals surface area contributed by atoms with Crippen LogP contribution in [0.5, 0.6) is 0 Å². The molecule has 172 valence electrons. The average molecular weight is 435 g/mol. The van der Waals surface area contributed by atoms with E-state index in [1.54, 1.807) is 0 Å². The molecule has 1 N–H and O–H groups in total. The summed E-state index contributed by atoms with van der Waals surface area (Å²) in [6, 6.07) is 10.1. The van der Waals surface area contributed by atoms with Crippen molar-refractivity contribution >= 4 is 5.97 Å². The van der Waals surface area contributed by atoms with E-state index in [-0.39, 0.29) is 17.5 Å². The van der Waals surface area contributed by atoms with E-state index in [0.29, 0.717) is 23.2 Å². The minimum absolute atomic E-state index is 0.112. The van der Waals surface area contributed by atoms with Gasteiger partial charge in [-0.2, -0.15) is 0 Å². The molecule has 0 aliphatic heterocycles. The van der Waals surface area contributed by atoms with E-state index >= 15 is 0 Å². The lowest BCUT2D eigenvalue weighted by Crippen LogP contribution is -2.56. The maximum atomic E-state index is 11.8. The fourth-order valence-electron chi connectivity index (χ4n) is 8.48. The summed E-state index contributed by atoms with van der Waals surface area (Å²) in [7, 11) is 0. The number of esters is 1. The molecule has 0 bridgehead atoms. The first kappa shape index (κ1) is 22.0. The van der Waals surface area contributed by atoms with Crippen molar-refractivity contribution in [2.75, 3.05) is 0 Å². The second kappa shape index (κ2) is 7.91. The Labute approximate surface area is 193 Å². The van der Waals surface area contributed by atoms with Crippen LogP contribution < -0.4 is 0 Å². The summed E-state index contributed by atoms with van der Waals surface area (Å²) in [4.78, 5) is 11.5. The van der Waals surface area contributed by atoms with Gasteiger partial charge in [0.1, 0.15) is 11.7 Å². The molecule has 5 rings (SSSR count). The van der Waals surface area contributed by atoms with Crippen LogP contribution in [0.2, 0.25) is 0 Å². The molecule has 4 saturated carbocycles. The Kier molecular flexibility index (Phi) is 5.44. The van der Waals surface area contributed by atoms with Crippen molar-refractivity contribution in [1.82, 2.24) is 0 Å². The predicted molar refractivity (Wildman–Crippen MR) is 126 cm³/mol. The standard InChI is InChI=1S/C29H38O3/c1-20(30)32-23-12-15-27(2)22(19-23)9-10-24-25(27)13-16-28(3)26(24)14-18-29(28,31)17-11-21-7-5-4-6-8-21/h4-8,22-26,31H,9-10,12-16,18-19H2,1-3H3/t22-,23+,24+,25+,26-,27-,28+,29-/m1/s1. The van der Waals surface area contributed by atoms with Crippen molar-refractivity contribution in [2.45, 2.75) is 90.3 Å². The van der Waals surface area contributed by atoms with Crippen LogP contribution in [0, 0.1) is 46.3 Å². The van der Waals surface area contributed by atoms with E-state index in [1.807, 2.05) is 30.3 Å². The third-order valence-corrected chi connectivity index (χ3v) is 10.3. The maximum Gasteiger partial charge on any atom is 0.302 e. The van der Waals surface area contributed by atoms with Crippen molar-refractivity contribution < 1.29 is 14.6 Å². The van der Waals surface area contributed by atoms with E-state index in [1.165, 1.54) is 26.2 Å². The number of aliphatic hydroxyl groups is 1. The van der Waals surface area contributed by atoms with Crippen molar-refractivity contribution in [3.8, 4) is 11.8 Å². The molecule has 3 heteroatoms. The molecule has 0 radical (unpaired) electrons. The first-order valence-corrected chi connectivity index (χ1v) is 12.7. The second-order valence-corrected chi connectivity index (χ2v) is 11.6. The van der Waals surface area contributed by atoms with Gasteiger partial charge >= 0.3 is 5.97 Å². The molecular weight excluding hydrogens is 396 g/mol. The summed E-state index contributed by atoms with van der Waals surface area (Å²) in [5.74, 6) is 9.13. The van der Waals surface area contributed by atoms with Crippen LogP contribution in [-0.4, -0.2) is 22.8 Å². The minimum Gasteiger partial charge on any atom is -0.463 e. The number of benzene rings is 1. The zero-order valence-corrected chi connectivity index (χ0v) is 19.9. The van der Waals surface area contributed by atoms with Crippen LogP contribution in [0.1, 0.15) is 84.1 Å². The van der Waals surface area contributed by atoms with Crippen LogP contribution in [-0.2, 0) is 9.53 Å². The van der Waals surface area contributed by atoms with Gasteiger partial charge < -0.3 is 9.84 Å². The molecule has 32 heavy (non-hydrogen) atoms. The lowest BCUT2D eigenvalue weighted by molar-refractivity contribution is -0.163. The highest BCUT2D eigenvalue weighted by atomic mass is 16.5. The van der Waals surface area contributed by atoms with Gasteiger partial charge in [0, 0.05) is 17.9 Å². The molecule has 0 heterocycles. The fourth-order valence-corrected chi connectivity index (χ4v) is 8.48. The van der Waals surface area contributed by atoms with Crippen molar-refractivity contribution in [1.29, 1.82) is 0 Å². The Morgan fingerprint density at radius 2 is 1.75 bits per heavy atom. The summed E-state index contributed by atoms with van der Waals surface area (Å²) in [5.41, 5.74) is 0.327. The van der Waals surface area contributed by atoms with Gasteiger partial charge in [-0.25, -0.2) is 0 Å². The van der Waals surface area contributed by atoms with Gasteiger partial charge in [0.25, 0.3) is 0 Å².